The number of primary amides is 1. The summed E-state index contributed by atoms with van der Waals surface area (Å²) in [5.74, 6) is 2.08. The maximum atomic E-state index is 13.7. The van der Waals surface area contributed by atoms with Gasteiger partial charge in [-0.05, 0) is 66.7 Å². The summed E-state index contributed by atoms with van der Waals surface area (Å²) in [5, 5.41) is 0. The lowest BCUT2D eigenvalue weighted by Gasteiger charge is -2.27. The van der Waals surface area contributed by atoms with Gasteiger partial charge in [-0.1, -0.05) is 78.9 Å². The molecule has 3 atom stereocenters. The number of nitrogens with two attached hydrogens (primary N) is 1. The highest BCUT2D eigenvalue weighted by Gasteiger charge is 2.38. The lowest BCUT2D eigenvalue weighted by Crippen LogP contribution is -2.37. The van der Waals surface area contributed by atoms with Crippen molar-refractivity contribution in [3.63, 3.8) is 0 Å². The van der Waals surface area contributed by atoms with Gasteiger partial charge in [0.05, 0.1) is 35.9 Å². The Morgan fingerprint density at radius 1 is 0.706 bits per heavy atom. The van der Waals surface area contributed by atoms with Crippen LogP contribution >= 0.6 is 0 Å². The van der Waals surface area contributed by atoms with Crippen LogP contribution in [0.1, 0.15) is 80.3 Å². The second-order valence-electron chi connectivity index (χ2n) is 13.8. The number of carbonyl (C=O) groups is 3. The number of benzene rings is 3. The number of ether oxygens (including phenoxy) is 1. The number of aromatic amines is 2. The number of aromatic nitrogens is 4. The lowest BCUT2D eigenvalue weighted by molar-refractivity contribution is -0.141. The minimum Gasteiger partial charge on any atom is -0.431 e. The van der Waals surface area contributed by atoms with Gasteiger partial charge in [-0.2, -0.15) is 0 Å². The predicted octanol–water partition coefficient (Wildman–Crippen LogP) is 7.10. The van der Waals surface area contributed by atoms with E-state index in [-0.39, 0.29) is 23.9 Å². The zero-order chi connectivity index (χ0) is 34.9. The topological polar surface area (TPSA) is 150 Å². The molecule has 260 valence electrons. The van der Waals surface area contributed by atoms with E-state index < -0.39 is 12.2 Å². The van der Waals surface area contributed by atoms with Gasteiger partial charge in [0.25, 0.3) is 5.91 Å². The Labute approximate surface area is 296 Å². The van der Waals surface area contributed by atoms with Crippen molar-refractivity contribution in [3.05, 3.63) is 108 Å². The molecular weight excluding hydrogens is 642 g/mol. The van der Waals surface area contributed by atoms with E-state index in [1.54, 1.807) is 35.4 Å². The molecule has 1 saturated carbocycles. The molecule has 51 heavy (non-hydrogen) atoms. The third-order valence-electron chi connectivity index (χ3n) is 10.4. The third-order valence-corrected chi connectivity index (χ3v) is 10.4. The van der Waals surface area contributed by atoms with E-state index in [0.29, 0.717) is 30.3 Å². The van der Waals surface area contributed by atoms with Crippen molar-refractivity contribution in [2.75, 3.05) is 13.1 Å². The maximum absolute atomic E-state index is 13.7. The number of carbonyl (C=O) groups excluding carboxylic acids is 3. The van der Waals surface area contributed by atoms with Gasteiger partial charge in [-0.3, -0.25) is 9.59 Å². The van der Waals surface area contributed by atoms with Crippen LogP contribution in [0.4, 0.5) is 4.79 Å². The minimum atomic E-state index is -1.12. The molecule has 3 fully saturated rings. The van der Waals surface area contributed by atoms with Crippen LogP contribution in [0, 0.1) is 5.92 Å². The molecule has 3 aliphatic rings. The number of H-pyrrole nitrogens is 2. The Morgan fingerprint density at radius 3 is 1.75 bits per heavy atom. The fourth-order valence-electron chi connectivity index (χ4n) is 7.50. The largest absolute Gasteiger partial charge is 0.431 e. The fraction of sp³-hybridized carbons (Fsp3) is 0.325. The Hall–Kier alpha value is -5.71. The van der Waals surface area contributed by atoms with Crippen LogP contribution in [-0.4, -0.2) is 60.7 Å². The Balaban J connectivity index is 0.929. The van der Waals surface area contributed by atoms with Gasteiger partial charge in [-0.25, -0.2) is 14.8 Å². The van der Waals surface area contributed by atoms with E-state index in [2.05, 4.69) is 63.5 Å². The fourth-order valence-corrected chi connectivity index (χ4v) is 7.50. The van der Waals surface area contributed by atoms with E-state index in [1.165, 1.54) is 12.8 Å². The number of nitrogens with zero attached hydrogens (tertiary/aromatic N) is 4. The molecule has 5 aromatic rings. The van der Waals surface area contributed by atoms with Crippen LogP contribution in [0.3, 0.4) is 0 Å². The molecule has 3 amide bonds. The van der Waals surface area contributed by atoms with Crippen LogP contribution in [0.5, 0.6) is 0 Å². The average molecular weight is 684 g/mol. The normalized spacial score (nSPS) is 19.3. The number of rotatable bonds is 10. The van der Waals surface area contributed by atoms with Crippen molar-refractivity contribution in [2.45, 2.75) is 63.1 Å². The van der Waals surface area contributed by atoms with Crippen molar-refractivity contribution in [3.8, 4) is 33.6 Å². The average Bonchev–Trinajstić information content (AvgIpc) is 3.67. The first-order valence-electron chi connectivity index (χ1n) is 17.8. The summed E-state index contributed by atoms with van der Waals surface area (Å²) in [7, 11) is 0. The van der Waals surface area contributed by atoms with Gasteiger partial charge in [0.15, 0.2) is 0 Å². The first-order chi connectivity index (χ1) is 24.9. The number of hydrogen-bond acceptors (Lipinski definition) is 6. The van der Waals surface area contributed by atoms with Gasteiger partial charge in [0.1, 0.15) is 11.6 Å². The van der Waals surface area contributed by atoms with Crippen molar-refractivity contribution in [2.24, 2.45) is 11.7 Å². The van der Waals surface area contributed by atoms with Crippen LogP contribution in [0.25, 0.3) is 33.6 Å². The summed E-state index contributed by atoms with van der Waals surface area (Å²) in [5.41, 5.74) is 11.9. The third kappa shape index (κ3) is 6.88. The maximum Gasteiger partial charge on any atom is 0.405 e. The van der Waals surface area contributed by atoms with Crippen LogP contribution < -0.4 is 5.73 Å². The second kappa shape index (κ2) is 13.9. The highest BCUT2D eigenvalue weighted by Crippen LogP contribution is 2.38. The molecule has 0 bridgehead atoms. The van der Waals surface area contributed by atoms with E-state index in [0.717, 1.165) is 71.7 Å². The molecular formula is C40H41N7O4. The Bertz CT molecular complexity index is 2020. The highest BCUT2D eigenvalue weighted by molar-refractivity contribution is 5.85. The molecule has 8 rings (SSSR count). The van der Waals surface area contributed by atoms with Crippen molar-refractivity contribution in [1.82, 2.24) is 29.7 Å². The van der Waals surface area contributed by atoms with E-state index >= 15 is 0 Å². The van der Waals surface area contributed by atoms with Crippen LogP contribution in [0.2, 0.25) is 0 Å². The molecule has 11 heteroatoms. The molecule has 2 saturated heterocycles. The summed E-state index contributed by atoms with van der Waals surface area (Å²) < 4.78 is 5.29. The molecule has 4 N–H and O–H groups in total. The molecule has 11 nitrogen and oxygen atoms in total. The van der Waals surface area contributed by atoms with E-state index in [9.17, 15) is 14.4 Å². The summed E-state index contributed by atoms with van der Waals surface area (Å²) in [6.45, 7) is 1.34. The molecule has 3 aromatic carbocycles. The smallest absolute Gasteiger partial charge is 0.405 e. The standard InChI is InChI=1S/C40H41N7O4/c41-40(50)51-36(30-6-2-1-3-7-30)39(49)47-21-5-9-34(47)38-43-24-32(45-38)29-18-14-27(15-19-29)26-12-16-28(17-13-26)31-23-42-37(44-31)33-8-4-20-46(33)35(48)22-25-10-11-25/h1-3,6-7,12-19,23-25,33-34,36H,4-5,8-11,20-22H2,(H2,41,50)(H,42,44)(H,43,45)/t33-,34-,36+/m0/s1. The predicted molar refractivity (Wildman–Crippen MR) is 192 cm³/mol. The molecule has 1 aliphatic carbocycles. The van der Waals surface area contributed by atoms with Crippen LogP contribution in [-0.2, 0) is 14.3 Å². The molecule has 0 radical (unpaired) electrons. The van der Waals surface area contributed by atoms with Crippen molar-refractivity contribution >= 4 is 17.9 Å². The van der Waals surface area contributed by atoms with Gasteiger partial charge >= 0.3 is 6.09 Å². The lowest BCUT2D eigenvalue weighted by atomic mass is 10.0. The Morgan fingerprint density at radius 2 is 1.22 bits per heavy atom. The number of nitrogens with one attached hydrogen (secondary N) is 2. The van der Waals surface area contributed by atoms with Crippen molar-refractivity contribution in [1.29, 1.82) is 0 Å². The summed E-state index contributed by atoms with van der Waals surface area (Å²) in [4.78, 5) is 58.3. The molecule has 2 aliphatic heterocycles. The van der Waals surface area contributed by atoms with Gasteiger partial charge in [-0.15, -0.1) is 0 Å². The molecule has 0 unspecified atom stereocenters. The zero-order valence-electron chi connectivity index (χ0n) is 28.3. The quantitative estimate of drug-likeness (QED) is 0.143. The molecule has 2 aromatic heterocycles. The van der Waals surface area contributed by atoms with Crippen molar-refractivity contribution < 1.29 is 19.1 Å². The summed E-state index contributed by atoms with van der Waals surface area (Å²) in [6.07, 6.45) is 8.08. The number of amides is 3. The second-order valence-corrected chi connectivity index (χ2v) is 13.8. The minimum absolute atomic E-state index is 0.0307. The number of imidazole rings is 2. The number of likely N-dealkylation sites (tertiary alicyclic amines) is 2. The van der Waals surface area contributed by atoms with Gasteiger partial charge in [0, 0.05) is 25.1 Å². The molecule has 0 spiro atoms. The SMILES string of the molecule is NC(=O)O[C@@H](C(=O)N1CCC[C@H]1c1ncc(-c2ccc(-c3ccc(-c4cnc([C@@H]5CCCN5C(=O)CC5CC5)[nH]4)cc3)cc2)[nH]1)c1ccccc1. The monoisotopic (exact) mass is 683 g/mol. The summed E-state index contributed by atoms with van der Waals surface area (Å²) in [6, 6.07) is 25.4. The van der Waals surface area contributed by atoms with Gasteiger partial charge < -0.3 is 30.2 Å². The first-order valence-corrected chi connectivity index (χ1v) is 17.8. The van der Waals surface area contributed by atoms with E-state index in [4.69, 9.17) is 15.5 Å². The summed E-state index contributed by atoms with van der Waals surface area (Å²) >= 11 is 0. The highest BCUT2D eigenvalue weighted by atomic mass is 16.6. The zero-order valence-corrected chi connectivity index (χ0v) is 28.3. The van der Waals surface area contributed by atoms with Crippen LogP contribution in [0.15, 0.2) is 91.3 Å². The van der Waals surface area contributed by atoms with Gasteiger partial charge in [0.2, 0.25) is 12.0 Å². The molecule has 4 heterocycles. The Kier molecular flexibility index (Phi) is 8.85. The van der Waals surface area contributed by atoms with E-state index in [1.807, 2.05) is 17.2 Å². The number of hydrogen-bond donors (Lipinski definition) is 3. The first kappa shape index (κ1) is 32.5.